The predicted octanol–water partition coefficient (Wildman–Crippen LogP) is -0.244. The highest BCUT2D eigenvalue weighted by molar-refractivity contribution is 7.87. The second-order valence-corrected chi connectivity index (χ2v) is 8.41. The molecule has 0 aliphatic carbocycles. The molecule has 2 amide bonds. The van der Waals surface area contributed by atoms with Crippen LogP contribution >= 0.6 is 0 Å². The minimum Gasteiger partial charge on any atom is -0.337 e. The van der Waals surface area contributed by atoms with Crippen LogP contribution in [0.3, 0.4) is 0 Å². The summed E-state index contributed by atoms with van der Waals surface area (Å²) >= 11 is 0. The summed E-state index contributed by atoms with van der Waals surface area (Å²) in [5.74, 6) is 0.688. The molecule has 1 rings (SSSR count). The van der Waals surface area contributed by atoms with Crippen LogP contribution in [0.2, 0.25) is 0 Å². The first-order valence-corrected chi connectivity index (χ1v) is 9.51. The minimum atomic E-state index is -3.43. The highest BCUT2D eigenvalue weighted by atomic mass is 32.2. The number of hydrogen-bond donors (Lipinski definition) is 2. The lowest BCUT2D eigenvalue weighted by atomic mass is 9.93. The van der Waals surface area contributed by atoms with Gasteiger partial charge in [-0.15, -0.1) is 0 Å². The van der Waals surface area contributed by atoms with E-state index in [0.717, 1.165) is 36.8 Å². The van der Waals surface area contributed by atoms with Gasteiger partial charge in [-0.05, 0) is 45.8 Å². The van der Waals surface area contributed by atoms with E-state index in [1.807, 2.05) is 4.90 Å². The molecule has 1 saturated heterocycles. The van der Waals surface area contributed by atoms with Gasteiger partial charge in [0.05, 0.1) is 0 Å². The van der Waals surface area contributed by atoms with Crippen LogP contribution < -0.4 is 10.0 Å². The van der Waals surface area contributed by atoms with Gasteiger partial charge in [0.1, 0.15) is 0 Å². The third-order valence-corrected chi connectivity index (χ3v) is 5.58. The maximum atomic E-state index is 12.0. The maximum Gasteiger partial charge on any atom is 0.317 e. The molecule has 136 valence electrons. The Balaban J connectivity index is 2.20. The van der Waals surface area contributed by atoms with Crippen LogP contribution in [0.15, 0.2) is 0 Å². The molecule has 23 heavy (non-hydrogen) atoms. The number of rotatable bonds is 8. The summed E-state index contributed by atoms with van der Waals surface area (Å²) in [5.41, 5.74) is 0. The molecule has 0 saturated carbocycles. The number of amides is 2. The Morgan fingerprint density at radius 2 is 1.74 bits per heavy atom. The summed E-state index contributed by atoms with van der Waals surface area (Å²) in [5, 5.41) is 2.76. The minimum absolute atomic E-state index is 0.111. The van der Waals surface area contributed by atoms with Crippen molar-refractivity contribution in [2.75, 3.05) is 60.9 Å². The van der Waals surface area contributed by atoms with E-state index in [1.165, 1.54) is 20.5 Å². The number of carbonyl (C=O) groups is 1. The van der Waals surface area contributed by atoms with E-state index in [1.54, 1.807) is 0 Å². The molecule has 1 aliphatic rings. The Hall–Kier alpha value is -0.900. The molecule has 2 N–H and O–H groups in total. The zero-order valence-electron chi connectivity index (χ0n) is 14.7. The van der Waals surface area contributed by atoms with E-state index in [-0.39, 0.29) is 19.1 Å². The first kappa shape index (κ1) is 20.1. The predicted molar refractivity (Wildman–Crippen MR) is 91.5 cm³/mol. The fourth-order valence-corrected chi connectivity index (χ4v) is 3.07. The van der Waals surface area contributed by atoms with E-state index in [0.29, 0.717) is 5.92 Å². The number of hydrogen-bond acceptors (Lipinski definition) is 4. The summed E-state index contributed by atoms with van der Waals surface area (Å²) in [6.45, 7) is 3.10. The topological polar surface area (TPSA) is 85.0 Å². The Kier molecular flexibility index (Phi) is 8.24. The molecule has 0 spiro atoms. The molecule has 0 atom stereocenters. The Morgan fingerprint density at radius 1 is 1.13 bits per heavy atom. The third-order valence-electron chi connectivity index (χ3n) is 4.05. The second-order valence-electron chi connectivity index (χ2n) is 6.44. The SMILES string of the molecule is CN(C)CCC1CCN(C(=O)NCCNS(=O)(=O)N(C)C)CC1. The Bertz CT molecular complexity index is 459. The Labute approximate surface area is 140 Å². The summed E-state index contributed by atoms with van der Waals surface area (Å²) in [4.78, 5) is 16.0. The van der Waals surface area contributed by atoms with E-state index < -0.39 is 10.2 Å². The zero-order chi connectivity index (χ0) is 17.5. The fourth-order valence-electron chi connectivity index (χ4n) is 2.46. The lowest BCUT2D eigenvalue weighted by molar-refractivity contribution is 0.165. The smallest absolute Gasteiger partial charge is 0.317 e. The number of piperidine rings is 1. The monoisotopic (exact) mass is 349 g/mol. The molecular weight excluding hydrogens is 318 g/mol. The van der Waals surface area contributed by atoms with Crippen LogP contribution in [0.1, 0.15) is 19.3 Å². The van der Waals surface area contributed by atoms with E-state index in [9.17, 15) is 13.2 Å². The van der Waals surface area contributed by atoms with Gasteiger partial charge < -0.3 is 15.1 Å². The highest BCUT2D eigenvalue weighted by Crippen LogP contribution is 2.20. The van der Waals surface area contributed by atoms with Gasteiger partial charge in [-0.1, -0.05) is 0 Å². The van der Waals surface area contributed by atoms with Gasteiger partial charge >= 0.3 is 6.03 Å². The molecule has 9 heteroatoms. The third kappa shape index (κ3) is 7.47. The van der Waals surface area contributed by atoms with Crippen molar-refractivity contribution in [1.29, 1.82) is 0 Å². The fraction of sp³-hybridized carbons (Fsp3) is 0.929. The van der Waals surface area contributed by atoms with Gasteiger partial charge in [-0.2, -0.15) is 12.7 Å². The molecule has 8 nitrogen and oxygen atoms in total. The Morgan fingerprint density at radius 3 is 2.26 bits per heavy atom. The van der Waals surface area contributed by atoms with Crippen LogP contribution in [0.5, 0.6) is 0 Å². The standard InChI is InChI=1S/C14H31N5O3S/c1-17(2)10-5-13-6-11-19(12-7-13)14(20)15-8-9-16-23(21,22)18(3)4/h13,16H,5-12H2,1-4H3,(H,15,20). The van der Waals surface area contributed by atoms with Crippen molar-refractivity contribution >= 4 is 16.2 Å². The lowest BCUT2D eigenvalue weighted by Crippen LogP contribution is -2.47. The van der Waals surface area contributed by atoms with Crippen molar-refractivity contribution in [3.8, 4) is 0 Å². The second kappa shape index (κ2) is 9.41. The van der Waals surface area contributed by atoms with Crippen LogP contribution in [0.25, 0.3) is 0 Å². The van der Waals surface area contributed by atoms with Crippen LogP contribution in [-0.2, 0) is 10.2 Å². The number of urea groups is 1. The van der Waals surface area contributed by atoms with Gasteiger partial charge in [-0.3, -0.25) is 0 Å². The summed E-state index contributed by atoms with van der Waals surface area (Å²) in [6, 6.07) is -0.111. The molecule has 0 bridgehead atoms. The highest BCUT2D eigenvalue weighted by Gasteiger charge is 2.22. The van der Waals surface area contributed by atoms with Crippen molar-refractivity contribution in [3.05, 3.63) is 0 Å². The molecule has 0 radical (unpaired) electrons. The maximum absolute atomic E-state index is 12.0. The lowest BCUT2D eigenvalue weighted by Gasteiger charge is -2.32. The van der Waals surface area contributed by atoms with Crippen molar-refractivity contribution in [2.45, 2.75) is 19.3 Å². The molecule has 0 aromatic carbocycles. The molecule has 1 fully saturated rings. The van der Waals surface area contributed by atoms with Gasteiger partial charge in [0.15, 0.2) is 0 Å². The molecule has 0 aromatic heterocycles. The normalized spacial score (nSPS) is 17.0. The summed E-state index contributed by atoms with van der Waals surface area (Å²) < 4.78 is 26.5. The molecule has 0 unspecified atom stereocenters. The first-order valence-electron chi connectivity index (χ1n) is 8.07. The van der Waals surface area contributed by atoms with Crippen molar-refractivity contribution < 1.29 is 13.2 Å². The van der Waals surface area contributed by atoms with Gasteiger partial charge in [0.25, 0.3) is 10.2 Å². The van der Waals surface area contributed by atoms with Gasteiger partial charge in [0.2, 0.25) is 0 Å². The molecule has 1 heterocycles. The number of nitrogens with one attached hydrogen (secondary N) is 2. The number of nitrogens with zero attached hydrogens (tertiary/aromatic N) is 3. The van der Waals surface area contributed by atoms with Crippen molar-refractivity contribution in [3.63, 3.8) is 0 Å². The van der Waals surface area contributed by atoms with Crippen LogP contribution in [0.4, 0.5) is 4.79 Å². The van der Waals surface area contributed by atoms with Crippen molar-refractivity contribution in [1.82, 2.24) is 24.1 Å². The largest absolute Gasteiger partial charge is 0.337 e. The summed E-state index contributed by atoms with van der Waals surface area (Å²) in [6.07, 6.45) is 3.25. The summed E-state index contributed by atoms with van der Waals surface area (Å²) in [7, 11) is 3.65. The van der Waals surface area contributed by atoms with E-state index in [2.05, 4.69) is 29.0 Å². The average molecular weight is 350 g/mol. The van der Waals surface area contributed by atoms with Gasteiger partial charge in [0, 0.05) is 40.3 Å². The molecular formula is C14H31N5O3S. The quantitative estimate of drug-likeness (QED) is 0.592. The van der Waals surface area contributed by atoms with Crippen LogP contribution in [0, 0.1) is 5.92 Å². The first-order chi connectivity index (χ1) is 10.7. The molecule has 0 aromatic rings. The number of carbonyl (C=O) groups excluding carboxylic acids is 1. The van der Waals surface area contributed by atoms with Crippen molar-refractivity contribution in [2.24, 2.45) is 5.92 Å². The van der Waals surface area contributed by atoms with E-state index in [4.69, 9.17) is 0 Å². The van der Waals surface area contributed by atoms with Crippen LogP contribution in [-0.4, -0.2) is 89.5 Å². The molecule has 1 aliphatic heterocycles. The average Bonchev–Trinajstić information content (AvgIpc) is 2.49. The van der Waals surface area contributed by atoms with E-state index >= 15 is 0 Å². The zero-order valence-corrected chi connectivity index (χ0v) is 15.5. The van der Waals surface area contributed by atoms with Gasteiger partial charge in [-0.25, -0.2) is 9.52 Å². The number of likely N-dealkylation sites (tertiary alicyclic amines) is 1.